The SMILES string of the molecule is Cl.N[C@@H](CO)c1ccc(Br)c(F)c1. The van der Waals surface area contributed by atoms with Crippen LogP contribution < -0.4 is 5.73 Å². The summed E-state index contributed by atoms with van der Waals surface area (Å²) in [6.45, 7) is -0.179. The second-order valence-corrected chi connectivity index (χ2v) is 3.32. The van der Waals surface area contributed by atoms with Gasteiger partial charge in [0.2, 0.25) is 0 Å². The molecule has 5 heteroatoms. The Kier molecular flexibility index (Phi) is 5.48. The van der Waals surface area contributed by atoms with Crippen molar-refractivity contribution in [3.8, 4) is 0 Å². The van der Waals surface area contributed by atoms with Crippen molar-refractivity contribution in [2.45, 2.75) is 6.04 Å². The molecule has 13 heavy (non-hydrogen) atoms. The molecule has 0 aromatic heterocycles. The summed E-state index contributed by atoms with van der Waals surface area (Å²) in [5.74, 6) is -0.364. The number of halogens is 3. The average molecular weight is 271 g/mol. The molecule has 0 aliphatic rings. The molecular formula is C8H10BrClFNO. The van der Waals surface area contributed by atoms with Gasteiger partial charge in [0.15, 0.2) is 0 Å². The number of nitrogens with two attached hydrogens (primary N) is 1. The van der Waals surface area contributed by atoms with Gasteiger partial charge in [-0.3, -0.25) is 0 Å². The molecule has 3 N–H and O–H groups in total. The summed E-state index contributed by atoms with van der Waals surface area (Å²) < 4.78 is 13.3. The van der Waals surface area contributed by atoms with E-state index in [9.17, 15) is 4.39 Å². The van der Waals surface area contributed by atoms with Crippen molar-refractivity contribution in [2.24, 2.45) is 5.73 Å². The summed E-state index contributed by atoms with van der Waals surface area (Å²) in [7, 11) is 0. The van der Waals surface area contributed by atoms with E-state index in [2.05, 4.69) is 15.9 Å². The van der Waals surface area contributed by atoms with Crippen LogP contribution >= 0.6 is 28.3 Å². The Morgan fingerprint density at radius 1 is 1.54 bits per heavy atom. The van der Waals surface area contributed by atoms with Crippen molar-refractivity contribution < 1.29 is 9.50 Å². The van der Waals surface area contributed by atoms with Gasteiger partial charge in [-0.25, -0.2) is 4.39 Å². The molecule has 0 saturated heterocycles. The van der Waals surface area contributed by atoms with E-state index in [4.69, 9.17) is 10.8 Å². The van der Waals surface area contributed by atoms with Crippen molar-refractivity contribution in [3.05, 3.63) is 34.1 Å². The quantitative estimate of drug-likeness (QED) is 0.863. The molecule has 0 heterocycles. The third kappa shape index (κ3) is 3.23. The maximum atomic E-state index is 12.9. The number of aliphatic hydroxyl groups excluding tert-OH is 1. The summed E-state index contributed by atoms with van der Waals surface area (Å²) in [6, 6.07) is 4.05. The molecule has 0 aliphatic carbocycles. The number of benzene rings is 1. The fourth-order valence-electron chi connectivity index (χ4n) is 0.848. The molecule has 2 nitrogen and oxygen atoms in total. The minimum absolute atomic E-state index is 0. The van der Waals surface area contributed by atoms with Crippen LogP contribution in [-0.4, -0.2) is 11.7 Å². The standard InChI is InChI=1S/C8H9BrFNO.ClH/c9-6-2-1-5(3-7(6)10)8(11)4-12;/h1-3,8,12H,4,11H2;1H/t8-;/m0./s1. The molecule has 0 unspecified atom stereocenters. The normalized spacial score (nSPS) is 12.0. The maximum Gasteiger partial charge on any atom is 0.137 e. The van der Waals surface area contributed by atoms with Gasteiger partial charge in [0, 0.05) is 0 Å². The Morgan fingerprint density at radius 2 is 2.15 bits per heavy atom. The van der Waals surface area contributed by atoms with Crippen molar-refractivity contribution in [3.63, 3.8) is 0 Å². The van der Waals surface area contributed by atoms with Crippen LogP contribution in [0.3, 0.4) is 0 Å². The second kappa shape index (κ2) is 5.54. The first kappa shape index (κ1) is 12.8. The summed E-state index contributed by atoms with van der Waals surface area (Å²) in [6.07, 6.45) is 0. The lowest BCUT2D eigenvalue weighted by atomic mass is 10.1. The van der Waals surface area contributed by atoms with Gasteiger partial charge in [-0.2, -0.15) is 0 Å². The van der Waals surface area contributed by atoms with Crippen LogP contribution in [0.5, 0.6) is 0 Å². The van der Waals surface area contributed by atoms with E-state index in [-0.39, 0.29) is 24.8 Å². The predicted octanol–water partition coefficient (Wildman–Crippen LogP) is 2.00. The molecule has 0 amide bonds. The van der Waals surface area contributed by atoms with E-state index < -0.39 is 6.04 Å². The molecule has 74 valence electrons. The average Bonchev–Trinajstić information content (AvgIpc) is 2.08. The minimum Gasteiger partial charge on any atom is -0.394 e. The molecule has 0 aliphatic heterocycles. The van der Waals surface area contributed by atoms with Gasteiger partial charge in [0.05, 0.1) is 17.1 Å². The zero-order valence-electron chi connectivity index (χ0n) is 6.71. The highest BCUT2D eigenvalue weighted by Crippen LogP contribution is 2.19. The predicted molar refractivity (Wildman–Crippen MR) is 55.4 cm³/mol. The monoisotopic (exact) mass is 269 g/mol. The van der Waals surface area contributed by atoms with Gasteiger partial charge in [-0.15, -0.1) is 12.4 Å². The zero-order valence-corrected chi connectivity index (χ0v) is 9.11. The third-order valence-electron chi connectivity index (χ3n) is 1.57. The molecule has 0 bridgehead atoms. The molecule has 0 spiro atoms. The molecule has 1 atom stereocenters. The Morgan fingerprint density at radius 3 is 2.62 bits per heavy atom. The third-order valence-corrected chi connectivity index (χ3v) is 2.21. The fourth-order valence-corrected chi connectivity index (χ4v) is 1.10. The smallest absolute Gasteiger partial charge is 0.137 e. The minimum atomic E-state index is -0.507. The van der Waals surface area contributed by atoms with E-state index in [1.807, 2.05) is 0 Å². The van der Waals surface area contributed by atoms with Crippen molar-refractivity contribution in [2.75, 3.05) is 6.61 Å². The van der Waals surface area contributed by atoms with Gasteiger partial charge < -0.3 is 10.8 Å². The summed E-state index contributed by atoms with van der Waals surface area (Å²) >= 11 is 3.02. The lowest BCUT2D eigenvalue weighted by molar-refractivity contribution is 0.268. The van der Waals surface area contributed by atoms with Crippen LogP contribution in [-0.2, 0) is 0 Å². The molecule has 0 radical (unpaired) electrons. The highest BCUT2D eigenvalue weighted by atomic mass is 79.9. The van der Waals surface area contributed by atoms with Crippen LogP contribution in [0.25, 0.3) is 0 Å². The van der Waals surface area contributed by atoms with Crippen LogP contribution in [0.2, 0.25) is 0 Å². The summed E-state index contributed by atoms with van der Waals surface area (Å²) in [4.78, 5) is 0. The van der Waals surface area contributed by atoms with Crippen LogP contribution in [0.4, 0.5) is 4.39 Å². The van der Waals surface area contributed by atoms with E-state index in [1.165, 1.54) is 6.07 Å². The number of hydrogen-bond acceptors (Lipinski definition) is 2. The highest BCUT2D eigenvalue weighted by molar-refractivity contribution is 9.10. The zero-order chi connectivity index (χ0) is 9.14. The molecule has 1 aromatic carbocycles. The van der Waals surface area contributed by atoms with Gasteiger partial charge in [-0.05, 0) is 33.6 Å². The van der Waals surface area contributed by atoms with Gasteiger partial charge >= 0.3 is 0 Å². The van der Waals surface area contributed by atoms with E-state index in [0.717, 1.165) is 0 Å². The topological polar surface area (TPSA) is 46.2 Å². The van der Waals surface area contributed by atoms with E-state index in [0.29, 0.717) is 10.0 Å². The Hall–Kier alpha value is -0.160. The molecule has 0 saturated carbocycles. The largest absolute Gasteiger partial charge is 0.394 e. The highest BCUT2D eigenvalue weighted by Gasteiger charge is 2.06. The van der Waals surface area contributed by atoms with Gasteiger partial charge in [0.1, 0.15) is 5.82 Å². The molecule has 1 rings (SSSR count). The molecular weight excluding hydrogens is 260 g/mol. The van der Waals surface area contributed by atoms with Crippen LogP contribution in [0.15, 0.2) is 22.7 Å². The first-order chi connectivity index (χ1) is 5.65. The van der Waals surface area contributed by atoms with Crippen molar-refractivity contribution in [1.29, 1.82) is 0 Å². The summed E-state index contributed by atoms with van der Waals surface area (Å²) in [5, 5.41) is 8.69. The van der Waals surface area contributed by atoms with E-state index in [1.54, 1.807) is 12.1 Å². The van der Waals surface area contributed by atoms with Crippen LogP contribution in [0, 0.1) is 5.82 Å². The Labute approximate surface area is 90.5 Å². The number of aliphatic hydroxyl groups is 1. The molecule has 1 aromatic rings. The van der Waals surface area contributed by atoms with Crippen LogP contribution in [0.1, 0.15) is 11.6 Å². The summed E-state index contributed by atoms with van der Waals surface area (Å²) in [5.41, 5.74) is 6.08. The van der Waals surface area contributed by atoms with E-state index >= 15 is 0 Å². The van der Waals surface area contributed by atoms with Gasteiger partial charge in [-0.1, -0.05) is 6.07 Å². The maximum absolute atomic E-state index is 12.9. The second-order valence-electron chi connectivity index (χ2n) is 2.46. The van der Waals surface area contributed by atoms with Crippen molar-refractivity contribution in [1.82, 2.24) is 0 Å². The lowest BCUT2D eigenvalue weighted by Gasteiger charge is -2.08. The van der Waals surface area contributed by atoms with Crippen molar-refractivity contribution >= 4 is 28.3 Å². The first-order valence-corrected chi connectivity index (χ1v) is 4.26. The Bertz CT molecular complexity index is 285. The first-order valence-electron chi connectivity index (χ1n) is 3.46. The fraction of sp³-hybridized carbons (Fsp3) is 0.250. The number of rotatable bonds is 2. The lowest BCUT2D eigenvalue weighted by Crippen LogP contribution is -2.14. The number of hydrogen-bond donors (Lipinski definition) is 2. The molecule has 0 fully saturated rings. The van der Waals surface area contributed by atoms with Gasteiger partial charge in [0.25, 0.3) is 0 Å². The Balaban J connectivity index is 0.00000144.